The zero-order chi connectivity index (χ0) is 20.7. The molecule has 2 N–H and O–H groups in total. The van der Waals surface area contributed by atoms with Gasteiger partial charge in [-0.25, -0.2) is 13.4 Å². The molecule has 0 saturated heterocycles. The molecule has 1 aromatic heterocycles. The molecular formula is C21H19N3O4S. The predicted octanol–water partition coefficient (Wildman–Crippen LogP) is 3.54. The molecule has 0 radical (unpaired) electrons. The van der Waals surface area contributed by atoms with Crippen LogP contribution in [0.2, 0.25) is 0 Å². The number of nitrogens with one attached hydrogen (secondary N) is 2. The lowest BCUT2D eigenvalue weighted by molar-refractivity contribution is -0.111. The quantitative estimate of drug-likeness (QED) is 0.582. The average Bonchev–Trinajstić information content (AvgIpc) is 2.73. The van der Waals surface area contributed by atoms with Crippen molar-refractivity contribution in [2.45, 2.75) is 4.90 Å². The van der Waals surface area contributed by atoms with Gasteiger partial charge in [0.25, 0.3) is 10.0 Å². The van der Waals surface area contributed by atoms with E-state index in [-0.39, 0.29) is 16.6 Å². The largest absolute Gasteiger partial charge is 0.496 e. The number of ether oxygens (including phenoxy) is 1. The van der Waals surface area contributed by atoms with Gasteiger partial charge in [-0.15, -0.1) is 0 Å². The zero-order valence-corrected chi connectivity index (χ0v) is 16.4. The number of methoxy groups -OCH3 is 1. The minimum Gasteiger partial charge on any atom is -0.496 e. The smallest absolute Gasteiger partial charge is 0.263 e. The van der Waals surface area contributed by atoms with E-state index in [9.17, 15) is 13.2 Å². The molecule has 7 nitrogen and oxygen atoms in total. The molecular weight excluding hydrogens is 390 g/mol. The van der Waals surface area contributed by atoms with Crippen molar-refractivity contribution in [2.24, 2.45) is 0 Å². The number of benzene rings is 2. The van der Waals surface area contributed by atoms with E-state index >= 15 is 0 Å². The van der Waals surface area contributed by atoms with Crippen LogP contribution in [-0.2, 0) is 14.8 Å². The van der Waals surface area contributed by atoms with Crippen molar-refractivity contribution in [3.63, 3.8) is 0 Å². The van der Waals surface area contributed by atoms with Crippen LogP contribution >= 0.6 is 0 Å². The summed E-state index contributed by atoms with van der Waals surface area (Å²) < 4.78 is 32.4. The Morgan fingerprint density at radius 2 is 1.72 bits per heavy atom. The Hall–Kier alpha value is -3.65. The van der Waals surface area contributed by atoms with Gasteiger partial charge in [0.1, 0.15) is 11.6 Å². The molecule has 3 rings (SSSR count). The summed E-state index contributed by atoms with van der Waals surface area (Å²) >= 11 is 0. The number of carbonyl (C=O) groups is 1. The summed E-state index contributed by atoms with van der Waals surface area (Å²) in [4.78, 5) is 16.1. The first-order valence-electron chi connectivity index (χ1n) is 8.64. The van der Waals surface area contributed by atoms with Gasteiger partial charge < -0.3 is 10.1 Å². The summed E-state index contributed by atoms with van der Waals surface area (Å²) in [6.07, 6.45) is 4.52. The second-order valence-electron chi connectivity index (χ2n) is 5.91. The topological polar surface area (TPSA) is 97.4 Å². The van der Waals surface area contributed by atoms with Crippen LogP contribution in [0.5, 0.6) is 5.75 Å². The molecule has 0 aliphatic carbocycles. The van der Waals surface area contributed by atoms with Crippen LogP contribution < -0.4 is 14.8 Å². The van der Waals surface area contributed by atoms with Gasteiger partial charge in [-0.2, -0.15) is 0 Å². The van der Waals surface area contributed by atoms with Crippen LogP contribution in [0.25, 0.3) is 6.08 Å². The van der Waals surface area contributed by atoms with Gasteiger partial charge >= 0.3 is 0 Å². The number of anilines is 2. The van der Waals surface area contributed by atoms with E-state index in [4.69, 9.17) is 4.74 Å². The lowest BCUT2D eigenvalue weighted by Gasteiger charge is -2.08. The highest BCUT2D eigenvalue weighted by atomic mass is 32.2. The van der Waals surface area contributed by atoms with E-state index in [0.717, 1.165) is 5.56 Å². The normalized spacial score (nSPS) is 11.2. The minimum absolute atomic E-state index is 0.0608. The van der Waals surface area contributed by atoms with Crippen molar-refractivity contribution >= 4 is 33.5 Å². The van der Waals surface area contributed by atoms with Crippen LogP contribution in [0.3, 0.4) is 0 Å². The number of rotatable bonds is 7. The number of amides is 1. The number of para-hydroxylation sites is 1. The third kappa shape index (κ3) is 5.43. The van der Waals surface area contributed by atoms with Crippen molar-refractivity contribution in [3.8, 4) is 5.75 Å². The summed E-state index contributed by atoms with van der Waals surface area (Å²) in [6, 6.07) is 18.1. The van der Waals surface area contributed by atoms with Gasteiger partial charge in [0, 0.05) is 23.5 Å². The van der Waals surface area contributed by atoms with Crippen molar-refractivity contribution in [1.29, 1.82) is 0 Å². The van der Waals surface area contributed by atoms with E-state index in [1.54, 1.807) is 37.5 Å². The first kappa shape index (κ1) is 20.1. The van der Waals surface area contributed by atoms with Crippen LogP contribution in [0.1, 0.15) is 5.56 Å². The lowest BCUT2D eigenvalue weighted by Crippen LogP contribution is -2.14. The molecule has 0 atom stereocenters. The molecule has 0 bridgehead atoms. The minimum atomic E-state index is -3.77. The number of sulfonamides is 1. The fraction of sp³-hybridized carbons (Fsp3) is 0.0476. The number of pyridine rings is 1. The second kappa shape index (κ2) is 9.03. The van der Waals surface area contributed by atoms with E-state index in [1.807, 2.05) is 18.2 Å². The van der Waals surface area contributed by atoms with E-state index < -0.39 is 10.0 Å². The third-order valence-corrected chi connectivity index (χ3v) is 5.26. The highest BCUT2D eigenvalue weighted by Crippen LogP contribution is 2.19. The maximum atomic E-state index is 12.4. The molecule has 0 unspecified atom stereocenters. The van der Waals surface area contributed by atoms with Gasteiger partial charge in [-0.05, 0) is 48.5 Å². The fourth-order valence-electron chi connectivity index (χ4n) is 2.49. The van der Waals surface area contributed by atoms with Crippen molar-refractivity contribution in [3.05, 3.63) is 84.6 Å². The zero-order valence-electron chi connectivity index (χ0n) is 15.6. The lowest BCUT2D eigenvalue weighted by atomic mass is 10.2. The molecule has 0 fully saturated rings. The van der Waals surface area contributed by atoms with Crippen molar-refractivity contribution in [2.75, 3.05) is 17.1 Å². The maximum absolute atomic E-state index is 12.4. The molecule has 0 aliphatic heterocycles. The first-order chi connectivity index (χ1) is 14.0. The molecule has 0 spiro atoms. The third-order valence-electron chi connectivity index (χ3n) is 3.89. The Bertz CT molecular complexity index is 1110. The van der Waals surface area contributed by atoms with Crippen molar-refractivity contribution < 1.29 is 17.9 Å². The molecule has 8 heteroatoms. The Morgan fingerprint density at radius 1 is 1.00 bits per heavy atom. The Balaban J connectivity index is 1.65. The summed E-state index contributed by atoms with van der Waals surface area (Å²) in [5, 5.41) is 2.68. The highest BCUT2D eigenvalue weighted by Gasteiger charge is 2.14. The number of carbonyl (C=O) groups excluding carboxylic acids is 1. The summed E-state index contributed by atoms with van der Waals surface area (Å²) in [7, 11) is -2.21. The highest BCUT2D eigenvalue weighted by molar-refractivity contribution is 7.92. The first-order valence-corrected chi connectivity index (χ1v) is 10.1. The molecule has 1 amide bonds. The molecule has 29 heavy (non-hydrogen) atoms. The van der Waals surface area contributed by atoms with E-state index in [0.29, 0.717) is 11.4 Å². The van der Waals surface area contributed by atoms with Gasteiger partial charge in [0.15, 0.2) is 0 Å². The van der Waals surface area contributed by atoms with Gasteiger partial charge in [-0.3, -0.25) is 9.52 Å². The second-order valence-corrected chi connectivity index (χ2v) is 7.59. The summed E-state index contributed by atoms with van der Waals surface area (Å²) in [6.45, 7) is 0. The van der Waals surface area contributed by atoms with Gasteiger partial charge in [-0.1, -0.05) is 24.3 Å². The van der Waals surface area contributed by atoms with E-state index in [1.165, 1.54) is 36.5 Å². The number of aromatic nitrogens is 1. The molecule has 2 aromatic carbocycles. The van der Waals surface area contributed by atoms with Crippen molar-refractivity contribution in [1.82, 2.24) is 4.98 Å². The maximum Gasteiger partial charge on any atom is 0.263 e. The van der Waals surface area contributed by atoms with Crippen LogP contribution in [0.15, 0.2) is 83.9 Å². The fourth-order valence-corrected chi connectivity index (χ4v) is 3.50. The number of hydrogen-bond acceptors (Lipinski definition) is 5. The Kier molecular flexibility index (Phi) is 6.25. The standard InChI is InChI=1S/C21H19N3O4S/c1-28-19-7-3-2-6-16(19)9-14-21(25)23-17-10-12-18(13-11-17)29(26,27)24-20-8-4-5-15-22-20/h2-15H,1H3,(H,22,24)(H,23,25). The van der Waals surface area contributed by atoms with Crippen LogP contribution in [-0.4, -0.2) is 26.4 Å². The molecule has 1 heterocycles. The predicted molar refractivity (Wildman–Crippen MR) is 112 cm³/mol. The monoisotopic (exact) mass is 409 g/mol. The molecule has 3 aromatic rings. The van der Waals surface area contributed by atoms with Gasteiger partial charge in [0.2, 0.25) is 5.91 Å². The molecule has 148 valence electrons. The molecule has 0 aliphatic rings. The summed E-state index contributed by atoms with van der Waals surface area (Å²) in [5.41, 5.74) is 1.24. The number of nitrogens with zero attached hydrogens (tertiary/aromatic N) is 1. The van der Waals surface area contributed by atoms with E-state index in [2.05, 4.69) is 15.0 Å². The van der Waals surface area contributed by atoms with Gasteiger partial charge in [0.05, 0.1) is 12.0 Å². The molecule has 0 saturated carbocycles. The van der Waals surface area contributed by atoms with Crippen LogP contribution in [0.4, 0.5) is 11.5 Å². The SMILES string of the molecule is COc1ccccc1C=CC(=O)Nc1ccc(S(=O)(=O)Nc2ccccn2)cc1. The van der Waals surface area contributed by atoms with Crippen LogP contribution in [0, 0.1) is 0 Å². The Morgan fingerprint density at radius 3 is 2.41 bits per heavy atom. The average molecular weight is 409 g/mol. The number of hydrogen-bond donors (Lipinski definition) is 2. The Labute approximate surface area is 169 Å². The summed E-state index contributed by atoms with van der Waals surface area (Å²) in [5.74, 6) is 0.538.